The largest absolute Gasteiger partial charge is 0.343 e. The van der Waals surface area contributed by atoms with Gasteiger partial charge in [0.05, 0.1) is 0 Å². The van der Waals surface area contributed by atoms with E-state index in [-0.39, 0.29) is 16.8 Å². The summed E-state index contributed by atoms with van der Waals surface area (Å²) in [6, 6.07) is 6.14. The van der Waals surface area contributed by atoms with Gasteiger partial charge in [-0.3, -0.25) is 0 Å². The van der Waals surface area contributed by atoms with Gasteiger partial charge in [0.25, 0.3) is 0 Å². The van der Waals surface area contributed by atoms with Gasteiger partial charge < -0.3 is 6.92 Å². The van der Waals surface area contributed by atoms with E-state index in [2.05, 4.69) is 25.1 Å². The monoisotopic (exact) mass is 250 g/mol. The minimum Gasteiger partial charge on any atom is -0.343 e. The maximum Gasteiger partial charge on any atom is 0.0412 e. The quantitative estimate of drug-likeness (QED) is 0.699. The third kappa shape index (κ3) is 2.22. The Hall–Kier alpha value is -0.244. The van der Waals surface area contributed by atoms with Crippen molar-refractivity contribution in [3.63, 3.8) is 0 Å². The molecule has 0 fully saturated rings. The minimum atomic E-state index is 0. The zero-order valence-electron chi connectivity index (χ0n) is 7.85. The van der Waals surface area contributed by atoms with E-state index in [1.54, 1.807) is 0 Å². The molecule has 0 bridgehead atoms. The van der Waals surface area contributed by atoms with Crippen molar-refractivity contribution in [3.05, 3.63) is 47.3 Å². The summed E-state index contributed by atoms with van der Waals surface area (Å²) in [7, 11) is 0. The van der Waals surface area contributed by atoms with Crippen LogP contribution in [-0.2, 0) is 23.2 Å². The maximum atomic E-state index is 5.95. The molecule has 0 nitrogen and oxygen atoms in total. The fraction of sp³-hybridized carbons (Fsp3) is 0.250. The Kier molecular flexibility index (Phi) is 4.23. The smallest absolute Gasteiger partial charge is 0.0412 e. The van der Waals surface area contributed by atoms with Crippen molar-refractivity contribution in [1.82, 2.24) is 0 Å². The van der Waals surface area contributed by atoms with Crippen molar-refractivity contribution in [2.24, 2.45) is 0 Å². The van der Waals surface area contributed by atoms with Crippen molar-refractivity contribution in [3.8, 4) is 0 Å². The normalized spacial score (nSPS) is 13.1. The maximum absolute atomic E-state index is 5.95. The van der Waals surface area contributed by atoms with E-state index in [1.807, 2.05) is 6.07 Å². The average molecular weight is 251 g/mol. The molecular formula is C12H12ClCo-. The molecule has 0 amide bonds. The summed E-state index contributed by atoms with van der Waals surface area (Å²) in [5.41, 5.74) is 4.14. The molecule has 0 aliphatic heterocycles. The predicted octanol–water partition coefficient (Wildman–Crippen LogP) is 3.89. The van der Waals surface area contributed by atoms with Crippen molar-refractivity contribution < 1.29 is 16.8 Å². The number of hydrogen-bond donors (Lipinski definition) is 0. The first-order valence-corrected chi connectivity index (χ1v) is 4.96. The first-order valence-electron chi connectivity index (χ1n) is 4.58. The molecule has 77 valence electrons. The molecule has 1 aliphatic carbocycles. The third-order valence-corrected chi connectivity index (χ3v) is 2.67. The van der Waals surface area contributed by atoms with Crippen molar-refractivity contribution in [1.29, 1.82) is 0 Å². The van der Waals surface area contributed by atoms with E-state index in [0.717, 1.165) is 24.3 Å². The number of allylic oxidation sites excluding steroid dienone is 2. The molecule has 14 heavy (non-hydrogen) atoms. The Morgan fingerprint density at radius 3 is 2.86 bits per heavy atom. The Bertz CT molecular complexity index is 355. The van der Waals surface area contributed by atoms with E-state index in [0.29, 0.717) is 0 Å². The van der Waals surface area contributed by atoms with Crippen LogP contribution in [0.5, 0.6) is 0 Å². The third-order valence-electron chi connectivity index (χ3n) is 2.43. The molecule has 2 rings (SSSR count). The molecule has 0 N–H and O–H groups in total. The zero-order valence-corrected chi connectivity index (χ0v) is 9.65. The summed E-state index contributed by atoms with van der Waals surface area (Å²) in [5.74, 6) is 0. The average Bonchev–Trinajstić information content (AvgIpc) is 2.49. The van der Waals surface area contributed by atoms with Gasteiger partial charge in [0.2, 0.25) is 0 Å². The van der Waals surface area contributed by atoms with Crippen LogP contribution in [-0.4, -0.2) is 0 Å². The van der Waals surface area contributed by atoms with E-state index in [4.69, 9.17) is 11.6 Å². The SMILES string of the molecule is [CH2-]CCC1=CCc2ccc(Cl)cc21.[Co]. The molecule has 1 aromatic carbocycles. The van der Waals surface area contributed by atoms with E-state index < -0.39 is 0 Å². The Labute approximate surface area is 101 Å². The molecule has 1 aliphatic rings. The number of rotatable bonds is 2. The minimum absolute atomic E-state index is 0. The van der Waals surface area contributed by atoms with Crippen LogP contribution in [0.2, 0.25) is 5.02 Å². The van der Waals surface area contributed by atoms with E-state index in [1.165, 1.54) is 16.7 Å². The zero-order chi connectivity index (χ0) is 9.26. The van der Waals surface area contributed by atoms with Crippen LogP contribution in [0.1, 0.15) is 24.0 Å². The number of fused-ring (bicyclic) bond motifs is 1. The van der Waals surface area contributed by atoms with Gasteiger partial charge in [0, 0.05) is 21.8 Å². The van der Waals surface area contributed by atoms with Crippen LogP contribution < -0.4 is 0 Å². The number of hydrogen-bond acceptors (Lipinski definition) is 0. The Morgan fingerprint density at radius 1 is 1.36 bits per heavy atom. The molecule has 0 saturated carbocycles. The van der Waals surface area contributed by atoms with E-state index in [9.17, 15) is 0 Å². The van der Waals surface area contributed by atoms with Gasteiger partial charge >= 0.3 is 0 Å². The molecular weight excluding hydrogens is 239 g/mol. The van der Waals surface area contributed by atoms with Crippen LogP contribution in [0, 0.1) is 6.92 Å². The molecule has 0 atom stereocenters. The molecule has 1 radical (unpaired) electrons. The van der Waals surface area contributed by atoms with Crippen LogP contribution in [0.4, 0.5) is 0 Å². The second kappa shape index (κ2) is 5.01. The fourth-order valence-corrected chi connectivity index (χ4v) is 1.97. The Balaban J connectivity index is 0.000000980. The van der Waals surface area contributed by atoms with Gasteiger partial charge in [-0.1, -0.05) is 30.2 Å². The second-order valence-electron chi connectivity index (χ2n) is 3.34. The first-order chi connectivity index (χ1) is 6.31. The van der Waals surface area contributed by atoms with Crippen LogP contribution in [0.3, 0.4) is 0 Å². The van der Waals surface area contributed by atoms with Crippen molar-refractivity contribution in [2.75, 3.05) is 0 Å². The Morgan fingerprint density at radius 2 is 2.14 bits per heavy atom. The van der Waals surface area contributed by atoms with Crippen molar-refractivity contribution in [2.45, 2.75) is 19.3 Å². The number of benzene rings is 1. The van der Waals surface area contributed by atoms with E-state index >= 15 is 0 Å². The summed E-state index contributed by atoms with van der Waals surface area (Å²) in [6.45, 7) is 3.87. The van der Waals surface area contributed by atoms with Gasteiger partial charge in [-0.05, 0) is 35.3 Å². The van der Waals surface area contributed by atoms with Crippen LogP contribution in [0.15, 0.2) is 24.3 Å². The van der Waals surface area contributed by atoms with Crippen LogP contribution in [0.25, 0.3) is 5.57 Å². The topological polar surface area (TPSA) is 0 Å². The number of halogens is 1. The molecule has 2 heteroatoms. The summed E-state index contributed by atoms with van der Waals surface area (Å²) < 4.78 is 0. The first kappa shape index (κ1) is 11.8. The second-order valence-corrected chi connectivity index (χ2v) is 3.77. The molecule has 0 saturated heterocycles. The summed E-state index contributed by atoms with van der Waals surface area (Å²) in [4.78, 5) is 0. The predicted molar refractivity (Wildman–Crippen MR) is 57.7 cm³/mol. The van der Waals surface area contributed by atoms with Gasteiger partial charge in [0.1, 0.15) is 0 Å². The fourth-order valence-electron chi connectivity index (χ4n) is 1.80. The summed E-state index contributed by atoms with van der Waals surface area (Å²) in [6.07, 6.45) is 5.36. The van der Waals surface area contributed by atoms with Gasteiger partial charge in [-0.2, -0.15) is 6.42 Å². The molecule has 1 aromatic rings. The van der Waals surface area contributed by atoms with Crippen LogP contribution >= 0.6 is 11.6 Å². The van der Waals surface area contributed by atoms with Gasteiger partial charge in [-0.25, -0.2) is 0 Å². The van der Waals surface area contributed by atoms with Crippen molar-refractivity contribution >= 4 is 17.2 Å². The molecule has 0 heterocycles. The molecule has 0 spiro atoms. The summed E-state index contributed by atoms with van der Waals surface area (Å²) >= 11 is 5.95. The summed E-state index contributed by atoms with van der Waals surface area (Å²) in [5, 5.41) is 0.829. The molecule has 0 unspecified atom stereocenters. The van der Waals surface area contributed by atoms with Gasteiger partial charge in [0.15, 0.2) is 0 Å². The standard InChI is InChI=1S/C12H12Cl.Co/c1-2-3-9-4-5-10-6-7-11(13)8-12(9)10;/h4,6-8H,1-3,5H2;/q-1;. The van der Waals surface area contributed by atoms with Gasteiger partial charge in [-0.15, -0.1) is 0 Å². The molecule has 0 aromatic heterocycles.